The molecule has 1 unspecified atom stereocenters. The monoisotopic (exact) mass is 403 g/mol. The van der Waals surface area contributed by atoms with Gasteiger partial charge >= 0.3 is 5.97 Å². The highest BCUT2D eigenvalue weighted by molar-refractivity contribution is 5.99. The molecule has 0 heterocycles. The zero-order valence-corrected chi connectivity index (χ0v) is 17.8. The largest absolute Gasteiger partial charge is 0.464 e. The molecule has 1 amide bonds. The first kappa shape index (κ1) is 20.4. The third-order valence-corrected chi connectivity index (χ3v) is 6.25. The summed E-state index contributed by atoms with van der Waals surface area (Å²) < 4.78 is 5.59. The molecular weight excluding hydrogens is 374 g/mol. The Bertz CT molecular complexity index is 953. The van der Waals surface area contributed by atoms with Gasteiger partial charge < -0.3 is 9.64 Å². The van der Waals surface area contributed by atoms with Crippen LogP contribution in [0.25, 0.3) is 0 Å². The van der Waals surface area contributed by atoms with Crippen LogP contribution in [-0.4, -0.2) is 35.0 Å². The normalized spacial score (nSPS) is 19.2. The van der Waals surface area contributed by atoms with Crippen LogP contribution < -0.4 is 0 Å². The highest BCUT2D eigenvalue weighted by atomic mass is 16.5. The lowest BCUT2D eigenvalue weighted by Gasteiger charge is -2.44. The number of aryl methyl sites for hydroxylation is 1. The number of nitrogens with zero attached hydrogens (tertiary/aromatic N) is 1. The lowest BCUT2D eigenvalue weighted by molar-refractivity contribution is -0.157. The van der Waals surface area contributed by atoms with Crippen molar-refractivity contribution in [1.82, 2.24) is 4.90 Å². The van der Waals surface area contributed by atoms with Crippen LogP contribution in [-0.2, 0) is 22.4 Å². The molecule has 0 bridgehead atoms. The van der Waals surface area contributed by atoms with Crippen molar-refractivity contribution >= 4 is 11.9 Å². The van der Waals surface area contributed by atoms with Crippen molar-refractivity contribution in [2.24, 2.45) is 0 Å². The zero-order chi connectivity index (χ0) is 21.1. The van der Waals surface area contributed by atoms with Gasteiger partial charge in [0.05, 0.1) is 12.6 Å². The quantitative estimate of drug-likeness (QED) is 0.539. The molecule has 0 N–H and O–H groups in total. The molecule has 4 rings (SSSR count). The summed E-state index contributed by atoms with van der Waals surface area (Å²) in [5.74, 6) is -0.405. The molecule has 156 valence electrons. The van der Waals surface area contributed by atoms with Crippen LogP contribution in [0.2, 0.25) is 0 Å². The van der Waals surface area contributed by atoms with Crippen LogP contribution in [0.5, 0.6) is 0 Å². The standard InChI is InChI=1S/C26H29NO3/c1-3-30-25(29)26(17-21-11-7-8-12-22(21)18-26)27(23-14-5-4-6-15-23)24(28)20-13-9-10-19(2)16-20/h5,7-14,16,23H,3-4,6,15,17-18H2,1-2H3. The highest BCUT2D eigenvalue weighted by Gasteiger charge is 2.53. The average molecular weight is 404 g/mol. The lowest BCUT2D eigenvalue weighted by atomic mass is 9.87. The van der Waals surface area contributed by atoms with Gasteiger partial charge in [0.15, 0.2) is 0 Å². The van der Waals surface area contributed by atoms with Gasteiger partial charge in [-0.3, -0.25) is 4.79 Å². The molecule has 0 spiro atoms. The number of fused-ring (bicyclic) bond motifs is 1. The molecule has 0 saturated heterocycles. The zero-order valence-electron chi connectivity index (χ0n) is 17.8. The van der Waals surface area contributed by atoms with E-state index in [4.69, 9.17) is 4.74 Å². The summed E-state index contributed by atoms with van der Waals surface area (Å²) in [7, 11) is 0. The summed E-state index contributed by atoms with van der Waals surface area (Å²) in [4.78, 5) is 29.3. The maximum atomic E-state index is 13.9. The number of amides is 1. The number of allylic oxidation sites excluding steroid dienone is 1. The van der Waals surface area contributed by atoms with Crippen LogP contribution in [0, 0.1) is 6.92 Å². The van der Waals surface area contributed by atoms with Crippen molar-refractivity contribution in [1.29, 1.82) is 0 Å². The third kappa shape index (κ3) is 3.67. The Kier molecular flexibility index (Phi) is 5.76. The Balaban J connectivity index is 1.84. The van der Waals surface area contributed by atoms with Gasteiger partial charge in [-0.15, -0.1) is 0 Å². The fourth-order valence-electron chi connectivity index (χ4n) is 4.86. The molecule has 0 radical (unpaired) electrons. The van der Waals surface area contributed by atoms with Crippen molar-refractivity contribution in [2.45, 2.75) is 57.5 Å². The Morgan fingerprint density at radius 3 is 2.43 bits per heavy atom. The van der Waals surface area contributed by atoms with Crippen molar-refractivity contribution in [2.75, 3.05) is 6.61 Å². The van der Waals surface area contributed by atoms with E-state index in [1.165, 1.54) is 0 Å². The molecule has 2 aliphatic rings. The number of benzene rings is 2. The van der Waals surface area contributed by atoms with Crippen molar-refractivity contribution in [3.05, 3.63) is 82.9 Å². The number of carbonyl (C=O) groups excluding carboxylic acids is 2. The second-order valence-electron chi connectivity index (χ2n) is 8.35. The minimum absolute atomic E-state index is 0.101. The first-order valence-corrected chi connectivity index (χ1v) is 10.9. The van der Waals surface area contributed by atoms with E-state index in [2.05, 4.69) is 24.3 Å². The Morgan fingerprint density at radius 2 is 1.83 bits per heavy atom. The van der Waals surface area contributed by atoms with Gasteiger partial charge in [-0.05, 0) is 56.4 Å². The minimum Gasteiger partial charge on any atom is -0.464 e. The van der Waals surface area contributed by atoms with Crippen LogP contribution >= 0.6 is 0 Å². The van der Waals surface area contributed by atoms with Gasteiger partial charge in [-0.1, -0.05) is 54.1 Å². The number of carbonyl (C=O) groups is 2. The molecule has 30 heavy (non-hydrogen) atoms. The first-order chi connectivity index (χ1) is 14.5. The van der Waals surface area contributed by atoms with Gasteiger partial charge in [0.25, 0.3) is 5.91 Å². The predicted octanol–water partition coefficient (Wildman–Crippen LogP) is 4.65. The molecule has 4 nitrogen and oxygen atoms in total. The summed E-state index contributed by atoms with van der Waals surface area (Å²) >= 11 is 0. The van der Waals surface area contributed by atoms with Gasteiger partial charge in [0.2, 0.25) is 0 Å². The number of esters is 1. The fraction of sp³-hybridized carbons (Fsp3) is 0.385. The Morgan fingerprint density at radius 1 is 1.10 bits per heavy atom. The van der Waals surface area contributed by atoms with Crippen LogP contribution in [0.3, 0.4) is 0 Å². The Labute approximate surface area is 178 Å². The van der Waals surface area contributed by atoms with E-state index in [0.717, 1.165) is 36.0 Å². The van der Waals surface area contributed by atoms with Gasteiger partial charge in [-0.25, -0.2) is 4.79 Å². The molecule has 0 fully saturated rings. The van der Waals surface area contributed by atoms with Gasteiger partial charge in [0.1, 0.15) is 5.54 Å². The molecule has 0 aromatic heterocycles. The molecule has 0 saturated carbocycles. The second-order valence-corrected chi connectivity index (χ2v) is 8.35. The van der Waals surface area contributed by atoms with E-state index < -0.39 is 5.54 Å². The maximum absolute atomic E-state index is 13.9. The SMILES string of the molecule is CCOC(=O)C1(N(C(=O)c2cccc(C)c2)C2C=CCCC2)Cc2ccccc2C1. The van der Waals surface area contributed by atoms with Gasteiger partial charge in [-0.2, -0.15) is 0 Å². The molecular formula is C26H29NO3. The summed E-state index contributed by atoms with van der Waals surface area (Å²) in [5, 5.41) is 0. The average Bonchev–Trinajstić information content (AvgIpc) is 3.15. The van der Waals surface area contributed by atoms with E-state index in [-0.39, 0.29) is 17.9 Å². The van der Waals surface area contributed by atoms with E-state index in [9.17, 15) is 9.59 Å². The Hall–Kier alpha value is -2.88. The van der Waals surface area contributed by atoms with Gasteiger partial charge in [0, 0.05) is 18.4 Å². The number of ether oxygens (including phenoxy) is 1. The van der Waals surface area contributed by atoms with Crippen LogP contribution in [0.15, 0.2) is 60.7 Å². The van der Waals surface area contributed by atoms with Crippen molar-refractivity contribution in [3.8, 4) is 0 Å². The molecule has 2 aromatic rings. The molecule has 2 aliphatic carbocycles. The number of hydrogen-bond donors (Lipinski definition) is 0. The maximum Gasteiger partial charge on any atom is 0.332 e. The third-order valence-electron chi connectivity index (χ3n) is 6.25. The summed E-state index contributed by atoms with van der Waals surface area (Å²) in [6, 6.07) is 15.6. The predicted molar refractivity (Wildman–Crippen MR) is 117 cm³/mol. The summed E-state index contributed by atoms with van der Waals surface area (Å²) in [5.41, 5.74) is 2.86. The topological polar surface area (TPSA) is 46.6 Å². The second kappa shape index (κ2) is 8.47. The van der Waals surface area contributed by atoms with E-state index in [0.29, 0.717) is 25.0 Å². The van der Waals surface area contributed by atoms with Crippen molar-refractivity contribution in [3.63, 3.8) is 0 Å². The summed E-state index contributed by atoms with van der Waals surface area (Å²) in [6.45, 7) is 4.10. The fourth-order valence-corrected chi connectivity index (χ4v) is 4.86. The van der Waals surface area contributed by atoms with Crippen LogP contribution in [0.1, 0.15) is 53.2 Å². The molecule has 0 aliphatic heterocycles. The number of hydrogen-bond acceptors (Lipinski definition) is 3. The van der Waals surface area contributed by atoms with E-state index >= 15 is 0 Å². The van der Waals surface area contributed by atoms with E-state index in [1.54, 1.807) is 0 Å². The van der Waals surface area contributed by atoms with E-state index in [1.807, 2.05) is 55.1 Å². The molecule has 2 aromatic carbocycles. The lowest BCUT2D eigenvalue weighted by Crippen LogP contribution is -2.62. The molecule has 4 heteroatoms. The highest BCUT2D eigenvalue weighted by Crippen LogP contribution is 2.39. The summed E-state index contributed by atoms with van der Waals surface area (Å²) in [6.07, 6.45) is 8.08. The van der Waals surface area contributed by atoms with Crippen molar-refractivity contribution < 1.29 is 14.3 Å². The first-order valence-electron chi connectivity index (χ1n) is 10.9. The smallest absolute Gasteiger partial charge is 0.332 e. The van der Waals surface area contributed by atoms with Crippen LogP contribution in [0.4, 0.5) is 0 Å². The molecule has 1 atom stereocenters. The minimum atomic E-state index is -1.02. The number of rotatable bonds is 5.